The first kappa shape index (κ1) is 8.04. The predicted molar refractivity (Wildman–Crippen MR) is 72.6 cm³/mol. The molecule has 11 aliphatic rings. The van der Waals surface area contributed by atoms with E-state index in [1.54, 1.807) is 5.70 Å². The first-order chi connectivity index (χ1) is 9.46. The van der Waals surface area contributed by atoms with Gasteiger partial charge in [-0.2, -0.15) is 0 Å². The van der Waals surface area contributed by atoms with E-state index in [1.807, 2.05) is 0 Å². The first-order valence-electron chi connectivity index (χ1n) is 8.73. The summed E-state index contributed by atoms with van der Waals surface area (Å²) < 4.78 is 6.66. The quantitative estimate of drug-likeness (QED) is 0.715. The molecular formula is C17H21FeNO. The molecule has 2 nitrogen and oxygen atoms in total. The van der Waals surface area contributed by atoms with Gasteiger partial charge in [-0.3, -0.25) is 0 Å². The number of rotatable bonds is 2. The SMILES string of the molecule is C=C(N1CCOC(C)C1)[C]12[CH]3[CH]4[CH]5[CH]1[Fe]45321678[CH]2[CH]1[CH]6[CH]7[CH]28. The summed E-state index contributed by atoms with van der Waals surface area (Å²) in [5.41, 5.74) is 1.71. The zero-order valence-corrected chi connectivity index (χ0v) is 12.9. The van der Waals surface area contributed by atoms with Gasteiger partial charge in [0, 0.05) is 0 Å². The number of nitrogens with zero attached hydrogens (tertiary/aromatic N) is 1. The number of morpholine rings is 1. The topological polar surface area (TPSA) is 12.5 Å². The second-order valence-corrected chi connectivity index (χ2v) is 35.8. The number of allylic oxidation sites excluding steroid dienone is 1. The Hall–Kier alpha value is 0.0195. The molecule has 11 fully saturated rings. The molecule has 0 aromatic heterocycles. The number of fused-ring (bicyclic) bond motifs is 10. The molecule has 0 saturated carbocycles. The summed E-state index contributed by atoms with van der Waals surface area (Å²) in [7, 11) is 0. The Bertz CT molecular complexity index is 1010. The monoisotopic (exact) mass is 311 g/mol. The average molecular weight is 311 g/mol. The van der Waals surface area contributed by atoms with E-state index in [1.165, 1.54) is 43.3 Å². The fourth-order valence-corrected chi connectivity index (χ4v) is 92.5. The Labute approximate surface area is 109 Å². The molecule has 3 heteroatoms. The van der Waals surface area contributed by atoms with Crippen molar-refractivity contribution in [1.82, 2.24) is 4.90 Å². The van der Waals surface area contributed by atoms with Crippen molar-refractivity contribution in [3.63, 3.8) is 0 Å². The Morgan fingerprint density at radius 2 is 1.70 bits per heavy atom. The molecule has 0 aromatic carbocycles. The van der Waals surface area contributed by atoms with E-state index >= 15 is 0 Å². The summed E-state index contributed by atoms with van der Waals surface area (Å²) in [6.07, 6.45) is 0.425. The van der Waals surface area contributed by atoms with Crippen LogP contribution in [0.3, 0.4) is 0 Å². The fraction of sp³-hybridized carbons (Fsp3) is 0.882. The van der Waals surface area contributed by atoms with Gasteiger partial charge in [0.25, 0.3) is 0 Å². The molecule has 0 N–H and O–H groups in total. The van der Waals surface area contributed by atoms with Gasteiger partial charge in [0.05, 0.1) is 0 Å². The van der Waals surface area contributed by atoms with Crippen LogP contribution < -0.4 is 0 Å². The van der Waals surface area contributed by atoms with Crippen LogP contribution in [0.2, 0.25) is 47.7 Å². The van der Waals surface area contributed by atoms with Crippen LogP contribution in [-0.4, -0.2) is 30.7 Å². The van der Waals surface area contributed by atoms with Gasteiger partial charge in [0.2, 0.25) is 0 Å². The average Bonchev–Trinajstić information content (AvgIpc) is 3.38. The maximum absolute atomic E-state index is 5.79. The summed E-state index contributed by atoms with van der Waals surface area (Å²) in [5, 5.41) is 0. The molecule has 108 valence electrons. The number of hydrogen-bond donors (Lipinski definition) is 0. The van der Waals surface area contributed by atoms with Crippen molar-refractivity contribution in [2.24, 2.45) is 0 Å². The standard InChI is InChI=1S/C12H16NO.C5H5.Fe/c1-10-9-13(7-8-14-10)11(2)12-5-3-4-6-12;1-2-4-5-3-1;/h3-6,10H,2,7-9H2,1H3;1-5H;. The molecule has 5 atom stereocenters. The molecule has 0 aliphatic carbocycles. The van der Waals surface area contributed by atoms with E-state index in [9.17, 15) is 0 Å². The summed E-state index contributed by atoms with van der Waals surface area (Å²) >= 11 is 0. The molecule has 0 bridgehead atoms. The molecule has 11 saturated heterocycles. The van der Waals surface area contributed by atoms with Crippen LogP contribution in [0.4, 0.5) is 0 Å². The molecular weight excluding hydrogens is 290 g/mol. The molecule has 20 heavy (non-hydrogen) atoms. The summed E-state index contributed by atoms with van der Waals surface area (Å²) in [4.78, 5) is 15.4. The summed E-state index contributed by atoms with van der Waals surface area (Å²) in [6, 6.07) is 0. The second kappa shape index (κ2) is 0.745. The third kappa shape index (κ3) is 0.0961. The van der Waals surface area contributed by atoms with Crippen molar-refractivity contribution in [2.75, 3.05) is 19.7 Å². The van der Waals surface area contributed by atoms with Crippen molar-refractivity contribution in [2.45, 2.75) is 60.7 Å². The van der Waals surface area contributed by atoms with Crippen LogP contribution in [-0.2, 0) is 11.2 Å². The van der Waals surface area contributed by atoms with Gasteiger partial charge in [-0.05, 0) is 0 Å². The molecule has 0 aromatic rings. The Morgan fingerprint density at radius 1 is 1.10 bits per heavy atom. The van der Waals surface area contributed by atoms with Gasteiger partial charge >= 0.3 is 109 Å². The van der Waals surface area contributed by atoms with Crippen LogP contribution in [0, 0.1) is 0 Å². The fourth-order valence-electron chi connectivity index (χ4n) is 18.3. The van der Waals surface area contributed by atoms with Crippen molar-refractivity contribution in [1.29, 1.82) is 0 Å². The molecule has 11 rings (SSSR count). The molecule has 1 spiro atoms. The molecule has 5 unspecified atom stereocenters. The third-order valence-electron chi connectivity index (χ3n) is 16.7. The van der Waals surface area contributed by atoms with Gasteiger partial charge in [0.1, 0.15) is 0 Å². The normalized spacial score (nSPS) is 111. The van der Waals surface area contributed by atoms with Gasteiger partial charge in [-0.15, -0.1) is 0 Å². The zero-order valence-electron chi connectivity index (χ0n) is 11.8. The third-order valence-corrected chi connectivity index (χ3v) is 59.1. The van der Waals surface area contributed by atoms with E-state index in [0.717, 1.165) is 24.0 Å². The zero-order chi connectivity index (χ0) is 12.6. The predicted octanol–water partition coefficient (Wildman–Crippen LogP) is 3.98. The molecule has 11 aliphatic heterocycles. The number of ether oxygens (including phenoxy) is 1. The Kier molecular flexibility index (Phi) is 0.300. The molecule has 11 heterocycles. The van der Waals surface area contributed by atoms with Gasteiger partial charge < -0.3 is 0 Å². The van der Waals surface area contributed by atoms with E-state index in [2.05, 4.69) is 11.8 Å². The van der Waals surface area contributed by atoms with Crippen LogP contribution in [0.15, 0.2) is 12.3 Å². The van der Waals surface area contributed by atoms with E-state index in [-0.39, 0.29) is 0 Å². The van der Waals surface area contributed by atoms with Crippen LogP contribution in [0.25, 0.3) is 0 Å². The molecule has 0 amide bonds. The van der Waals surface area contributed by atoms with Crippen molar-refractivity contribution >= 4 is 0 Å². The van der Waals surface area contributed by atoms with Crippen molar-refractivity contribution in [3.8, 4) is 0 Å². The summed E-state index contributed by atoms with van der Waals surface area (Å²) in [5.74, 6) is 0. The van der Waals surface area contributed by atoms with Gasteiger partial charge in [-0.1, -0.05) is 0 Å². The second-order valence-electron chi connectivity index (χ2n) is 12.3. The van der Waals surface area contributed by atoms with Crippen molar-refractivity contribution < 1.29 is 11.2 Å². The van der Waals surface area contributed by atoms with Crippen LogP contribution in [0.1, 0.15) is 6.92 Å². The van der Waals surface area contributed by atoms with Crippen LogP contribution >= 0.6 is 0 Å². The minimum absolute atomic E-state index is 0.425. The first-order valence-corrected chi connectivity index (χ1v) is 15.0. The van der Waals surface area contributed by atoms with Crippen LogP contribution in [0.5, 0.6) is 0 Å². The van der Waals surface area contributed by atoms with E-state index in [4.69, 9.17) is 11.3 Å². The van der Waals surface area contributed by atoms with E-state index < -0.39 is 6.51 Å². The van der Waals surface area contributed by atoms with Gasteiger partial charge in [-0.25, -0.2) is 0 Å². The Morgan fingerprint density at radius 3 is 2.10 bits per heavy atom. The van der Waals surface area contributed by atoms with Crippen molar-refractivity contribution in [3.05, 3.63) is 12.3 Å². The summed E-state index contributed by atoms with van der Waals surface area (Å²) in [6.45, 7) is 7.33. The minimum atomic E-state index is -2.95. The van der Waals surface area contributed by atoms with E-state index in [0.29, 0.717) is 6.10 Å². The number of hydrogen-bond acceptors (Lipinski definition) is 2. The molecule has 0 radical (unpaired) electrons. The maximum atomic E-state index is 5.79. The van der Waals surface area contributed by atoms with Gasteiger partial charge in [0.15, 0.2) is 0 Å². The Balaban J connectivity index is 1.29.